The van der Waals surface area contributed by atoms with Crippen LogP contribution in [-0.4, -0.2) is 61.9 Å². The minimum absolute atomic E-state index is 0.0212. The van der Waals surface area contributed by atoms with Gasteiger partial charge in [-0.15, -0.1) is 0 Å². The van der Waals surface area contributed by atoms with Gasteiger partial charge in [0.2, 0.25) is 5.91 Å². The van der Waals surface area contributed by atoms with Crippen LogP contribution in [0.2, 0.25) is 0 Å². The maximum Gasteiger partial charge on any atom is 0.242 e. The van der Waals surface area contributed by atoms with Crippen LogP contribution in [0.5, 0.6) is 0 Å². The van der Waals surface area contributed by atoms with Crippen molar-refractivity contribution in [2.45, 2.75) is 19.9 Å². The zero-order valence-electron chi connectivity index (χ0n) is 10.3. The smallest absolute Gasteiger partial charge is 0.242 e. The molecule has 1 unspecified atom stereocenters. The quantitative estimate of drug-likeness (QED) is 0.680. The number of carbonyl (C=O) groups is 1. The van der Waals surface area contributed by atoms with Crippen molar-refractivity contribution in [2.24, 2.45) is 5.41 Å². The third-order valence-corrected chi connectivity index (χ3v) is 2.80. The third-order valence-electron chi connectivity index (χ3n) is 2.80. The van der Waals surface area contributed by atoms with Crippen molar-refractivity contribution in [1.29, 1.82) is 0 Å². The second-order valence-corrected chi connectivity index (χ2v) is 5.03. The van der Waals surface area contributed by atoms with Crippen LogP contribution in [0.4, 0.5) is 0 Å². The van der Waals surface area contributed by atoms with E-state index in [-0.39, 0.29) is 17.9 Å². The number of aliphatic hydroxyl groups is 1. The number of ether oxygens (including phenoxy) is 1. The average Bonchev–Trinajstić information content (AvgIpc) is 2.34. The number of amides is 1. The molecule has 0 aromatic heterocycles. The summed E-state index contributed by atoms with van der Waals surface area (Å²) in [6, 6.07) is -0.473. The van der Waals surface area contributed by atoms with E-state index in [1.165, 1.54) is 0 Å². The highest BCUT2D eigenvalue weighted by atomic mass is 16.5. The number of hydrogen-bond acceptors (Lipinski definition) is 4. The van der Waals surface area contributed by atoms with Crippen LogP contribution in [0.25, 0.3) is 0 Å². The Balaban J connectivity index is 2.72. The van der Waals surface area contributed by atoms with Gasteiger partial charge in [-0.1, -0.05) is 13.8 Å². The summed E-state index contributed by atoms with van der Waals surface area (Å²) >= 11 is 0. The second kappa shape index (κ2) is 5.61. The molecule has 0 aromatic carbocycles. The number of methoxy groups -OCH3 is 1. The highest BCUT2D eigenvalue weighted by molar-refractivity contribution is 5.82. The molecule has 16 heavy (non-hydrogen) atoms. The van der Waals surface area contributed by atoms with Crippen LogP contribution < -0.4 is 5.32 Å². The van der Waals surface area contributed by atoms with E-state index in [0.717, 1.165) is 6.54 Å². The van der Waals surface area contributed by atoms with Crippen molar-refractivity contribution in [3.63, 3.8) is 0 Å². The number of carbonyl (C=O) groups excluding carboxylic acids is 1. The van der Waals surface area contributed by atoms with E-state index in [1.807, 2.05) is 0 Å². The van der Waals surface area contributed by atoms with E-state index < -0.39 is 6.04 Å². The summed E-state index contributed by atoms with van der Waals surface area (Å²) in [4.78, 5) is 13.8. The number of nitrogens with one attached hydrogen (secondary N) is 1. The first-order chi connectivity index (χ1) is 7.50. The maximum absolute atomic E-state index is 12.0. The molecule has 0 radical (unpaired) electrons. The minimum atomic E-state index is -0.473. The van der Waals surface area contributed by atoms with Gasteiger partial charge in [0.1, 0.15) is 6.04 Å². The zero-order valence-corrected chi connectivity index (χ0v) is 10.3. The van der Waals surface area contributed by atoms with Crippen molar-refractivity contribution in [2.75, 3.05) is 40.0 Å². The van der Waals surface area contributed by atoms with Gasteiger partial charge in [0.25, 0.3) is 0 Å². The number of nitrogens with zero attached hydrogens (tertiary/aromatic N) is 1. The van der Waals surface area contributed by atoms with Gasteiger partial charge in [0.05, 0.1) is 13.2 Å². The SMILES string of the molecule is COCCN1CC(C)(C)CNC(CO)C1=O. The molecule has 1 rings (SSSR count). The molecule has 1 fully saturated rings. The predicted molar refractivity (Wildman–Crippen MR) is 61.1 cm³/mol. The Morgan fingerprint density at radius 3 is 2.88 bits per heavy atom. The second-order valence-electron chi connectivity index (χ2n) is 5.03. The molecule has 5 heteroatoms. The molecule has 1 saturated heterocycles. The first-order valence-electron chi connectivity index (χ1n) is 5.62. The summed E-state index contributed by atoms with van der Waals surface area (Å²) in [6.07, 6.45) is 0. The first kappa shape index (κ1) is 13.4. The lowest BCUT2D eigenvalue weighted by molar-refractivity contribution is -0.134. The summed E-state index contributed by atoms with van der Waals surface area (Å²) < 4.78 is 4.99. The van der Waals surface area contributed by atoms with Gasteiger partial charge in [-0.3, -0.25) is 4.79 Å². The number of rotatable bonds is 4. The number of aliphatic hydroxyl groups excluding tert-OH is 1. The summed E-state index contributed by atoms with van der Waals surface area (Å²) in [5.41, 5.74) is 0.0212. The van der Waals surface area contributed by atoms with E-state index in [4.69, 9.17) is 9.84 Å². The molecule has 5 nitrogen and oxygen atoms in total. The zero-order chi connectivity index (χ0) is 12.2. The van der Waals surface area contributed by atoms with E-state index >= 15 is 0 Å². The molecule has 0 aromatic rings. The first-order valence-corrected chi connectivity index (χ1v) is 5.62. The summed E-state index contributed by atoms with van der Waals surface area (Å²) in [6.45, 7) is 6.58. The van der Waals surface area contributed by atoms with Crippen LogP contribution in [0.1, 0.15) is 13.8 Å². The summed E-state index contributed by atoms with van der Waals surface area (Å²) in [5, 5.41) is 12.3. The van der Waals surface area contributed by atoms with Gasteiger partial charge in [-0.05, 0) is 5.41 Å². The van der Waals surface area contributed by atoms with Crippen LogP contribution in [-0.2, 0) is 9.53 Å². The Kier molecular flexibility index (Phi) is 4.70. The summed E-state index contributed by atoms with van der Waals surface area (Å²) in [7, 11) is 1.62. The Morgan fingerprint density at radius 2 is 2.31 bits per heavy atom. The van der Waals surface area contributed by atoms with Crippen LogP contribution in [0.15, 0.2) is 0 Å². The van der Waals surface area contributed by atoms with Gasteiger partial charge in [-0.25, -0.2) is 0 Å². The molecule has 94 valence electrons. The van der Waals surface area contributed by atoms with Crippen LogP contribution in [0, 0.1) is 5.41 Å². The topological polar surface area (TPSA) is 61.8 Å². The van der Waals surface area contributed by atoms with Gasteiger partial charge >= 0.3 is 0 Å². The lowest BCUT2D eigenvalue weighted by Crippen LogP contribution is -2.46. The molecule has 0 aliphatic carbocycles. The third kappa shape index (κ3) is 3.43. The molecule has 2 N–H and O–H groups in total. The normalized spacial score (nSPS) is 25.6. The minimum Gasteiger partial charge on any atom is -0.394 e. The molecule has 1 amide bonds. The molecular weight excluding hydrogens is 208 g/mol. The number of hydrogen-bond donors (Lipinski definition) is 2. The van der Waals surface area contributed by atoms with Crippen molar-refractivity contribution in [3.8, 4) is 0 Å². The van der Waals surface area contributed by atoms with Gasteiger partial charge in [0.15, 0.2) is 0 Å². The van der Waals surface area contributed by atoms with Crippen LogP contribution in [0.3, 0.4) is 0 Å². The predicted octanol–water partition coefficient (Wildman–Crippen LogP) is -0.548. The standard InChI is InChI=1S/C11H22N2O3/c1-11(2)7-12-9(6-14)10(15)13(8-11)4-5-16-3/h9,12,14H,4-8H2,1-3H3. The Labute approximate surface area is 96.8 Å². The average molecular weight is 230 g/mol. The van der Waals surface area contributed by atoms with E-state index in [0.29, 0.717) is 19.7 Å². The molecule has 0 bridgehead atoms. The lowest BCUT2D eigenvalue weighted by Gasteiger charge is -2.29. The molecule has 1 aliphatic heterocycles. The fraction of sp³-hybridized carbons (Fsp3) is 0.909. The largest absolute Gasteiger partial charge is 0.394 e. The fourth-order valence-electron chi connectivity index (χ4n) is 1.89. The highest BCUT2D eigenvalue weighted by Gasteiger charge is 2.33. The molecule has 1 atom stereocenters. The summed E-state index contributed by atoms with van der Waals surface area (Å²) in [5.74, 6) is -0.0369. The Hall–Kier alpha value is -0.650. The van der Waals surface area contributed by atoms with Crippen LogP contribution >= 0.6 is 0 Å². The molecular formula is C11H22N2O3. The molecule has 0 saturated carbocycles. The fourth-order valence-corrected chi connectivity index (χ4v) is 1.89. The van der Waals surface area contributed by atoms with E-state index in [9.17, 15) is 4.79 Å². The van der Waals surface area contributed by atoms with Crippen molar-refractivity contribution < 1.29 is 14.6 Å². The van der Waals surface area contributed by atoms with E-state index in [2.05, 4.69) is 19.2 Å². The molecule has 1 aliphatic rings. The molecule has 0 spiro atoms. The lowest BCUT2D eigenvalue weighted by atomic mass is 9.93. The highest BCUT2D eigenvalue weighted by Crippen LogP contribution is 2.19. The van der Waals surface area contributed by atoms with Crippen molar-refractivity contribution in [1.82, 2.24) is 10.2 Å². The van der Waals surface area contributed by atoms with Crippen molar-refractivity contribution in [3.05, 3.63) is 0 Å². The molecule has 1 heterocycles. The monoisotopic (exact) mass is 230 g/mol. The van der Waals surface area contributed by atoms with E-state index in [1.54, 1.807) is 12.0 Å². The van der Waals surface area contributed by atoms with Gasteiger partial charge < -0.3 is 20.1 Å². The maximum atomic E-state index is 12.0. The van der Waals surface area contributed by atoms with Gasteiger partial charge in [0, 0.05) is 26.7 Å². The van der Waals surface area contributed by atoms with Crippen molar-refractivity contribution >= 4 is 5.91 Å². The Bertz CT molecular complexity index is 243. The Morgan fingerprint density at radius 1 is 1.62 bits per heavy atom. The van der Waals surface area contributed by atoms with Gasteiger partial charge in [-0.2, -0.15) is 0 Å².